The zero-order chi connectivity index (χ0) is 21.8. The van der Waals surface area contributed by atoms with Crippen molar-refractivity contribution >= 4 is 16.6 Å². The van der Waals surface area contributed by atoms with Gasteiger partial charge in [0, 0.05) is 36.0 Å². The van der Waals surface area contributed by atoms with Gasteiger partial charge in [-0.3, -0.25) is 9.78 Å². The highest BCUT2D eigenvalue weighted by atomic mass is 16.1. The molecule has 5 aliphatic rings. The highest BCUT2D eigenvalue weighted by Gasteiger charge is 2.70. The molecule has 2 heteroatoms. The van der Waals surface area contributed by atoms with Crippen LogP contribution in [0.2, 0.25) is 0 Å². The van der Waals surface area contributed by atoms with Crippen LogP contribution in [0.3, 0.4) is 0 Å². The van der Waals surface area contributed by atoms with Crippen LogP contribution in [0, 0.1) is 21.7 Å². The van der Waals surface area contributed by atoms with E-state index in [2.05, 4.69) is 55.2 Å². The van der Waals surface area contributed by atoms with Crippen molar-refractivity contribution in [2.45, 2.75) is 77.6 Å². The normalized spacial score (nSPS) is 42.2. The van der Waals surface area contributed by atoms with Gasteiger partial charge in [0.2, 0.25) is 0 Å². The average molecular weight is 424 g/mol. The molecular formula is C30H33NO. The van der Waals surface area contributed by atoms with E-state index in [1.54, 1.807) is 11.1 Å². The van der Waals surface area contributed by atoms with Gasteiger partial charge in [0.25, 0.3) is 0 Å². The Bertz CT molecular complexity index is 1240. The van der Waals surface area contributed by atoms with E-state index in [4.69, 9.17) is 0 Å². The molecule has 5 atom stereocenters. The summed E-state index contributed by atoms with van der Waals surface area (Å²) in [4.78, 5) is 16.9. The van der Waals surface area contributed by atoms with Gasteiger partial charge in [0.15, 0.2) is 0 Å². The second-order valence-corrected chi connectivity index (χ2v) is 12.1. The van der Waals surface area contributed by atoms with Gasteiger partial charge < -0.3 is 0 Å². The number of allylic oxidation sites excluding steroid dienone is 4. The van der Waals surface area contributed by atoms with Crippen LogP contribution < -0.4 is 0 Å². The third kappa shape index (κ3) is 2.13. The third-order valence-electron chi connectivity index (χ3n) is 11.3. The average Bonchev–Trinajstić information content (AvgIpc) is 3.26. The Balaban J connectivity index is 1.35. The van der Waals surface area contributed by atoms with Gasteiger partial charge in [0.1, 0.15) is 5.78 Å². The van der Waals surface area contributed by atoms with Crippen LogP contribution in [0.1, 0.15) is 83.1 Å². The first-order valence-electron chi connectivity index (χ1n) is 12.7. The Morgan fingerprint density at radius 2 is 1.94 bits per heavy atom. The topological polar surface area (TPSA) is 30.0 Å². The second-order valence-electron chi connectivity index (χ2n) is 12.1. The summed E-state index contributed by atoms with van der Waals surface area (Å²) in [5.41, 5.74) is 5.72. The van der Waals surface area contributed by atoms with Gasteiger partial charge in [-0.1, -0.05) is 43.7 Å². The first-order valence-corrected chi connectivity index (χ1v) is 12.7. The molecule has 2 nitrogen and oxygen atoms in total. The molecule has 5 aliphatic carbocycles. The molecule has 2 bridgehead atoms. The zero-order valence-electron chi connectivity index (χ0n) is 19.4. The summed E-state index contributed by atoms with van der Waals surface area (Å²) in [5, 5.41) is 2.54. The maximum Gasteiger partial charge on any atom is 0.134 e. The lowest BCUT2D eigenvalue weighted by atomic mass is 9.43. The quantitative estimate of drug-likeness (QED) is 0.481. The fraction of sp³-hybridized carbons (Fsp3) is 0.533. The van der Waals surface area contributed by atoms with Crippen molar-refractivity contribution in [2.75, 3.05) is 0 Å². The molecule has 3 fully saturated rings. The molecule has 0 amide bonds. The monoisotopic (exact) mass is 423 g/mol. The molecule has 2 spiro atoms. The maximum atomic E-state index is 12.5. The lowest BCUT2D eigenvalue weighted by Crippen LogP contribution is -2.53. The van der Waals surface area contributed by atoms with Crippen LogP contribution in [0.5, 0.6) is 0 Å². The number of hydrogen-bond acceptors (Lipinski definition) is 2. The predicted octanol–water partition coefficient (Wildman–Crippen LogP) is 7.30. The summed E-state index contributed by atoms with van der Waals surface area (Å²) in [5.74, 6) is 1.09. The number of benzene rings is 1. The lowest BCUT2D eigenvalue weighted by molar-refractivity contribution is -0.122. The van der Waals surface area contributed by atoms with E-state index in [-0.39, 0.29) is 21.7 Å². The van der Waals surface area contributed by atoms with E-state index >= 15 is 0 Å². The molecule has 2 aromatic rings. The number of fused-ring (bicyclic) bond motifs is 2. The Morgan fingerprint density at radius 3 is 2.84 bits per heavy atom. The molecule has 0 saturated heterocycles. The molecule has 1 heterocycles. The number of rotatable bonds is 1. The molecule has 0 radical (unpaired) electrons. The molecular weight excluding hydrogens is 390 g/mol. The molecule has 1 aromatic carbocycles. The standard InChI is InChI=1S/C30H33NO/c1-27-10-7-24-16-23-5-6-25(32)17-29(23)12-13-30(24,19-29)28(27,2)11-8-26(27)21-4-3-20-9-14-31-18-22(20)15-21/h3-4,7,9,14-16,18,26H,5-6,8,10-13,17,19H2,1-2H3/t26-,27-,28-,29+,30-/m1/s1. The zero-order valence-corrected chi connectivity index (χ0v) is 19.4. The van der Waals surface area contributed by atoms with Crippen molar-refractivity contribution in [3.63, 3.8) is 0 Å². The summed E-state index contributed by atoms with van der Waals surface area (Å²) < 4.78 is 0. The highest BCUT2D eigenvalue weighted by Crippen LogP contribution is 2.79. The summed E-state index contributed by atoms with van der Waals surface area (Å²) in [6.45, 7) is 5.22. The molecule has 0 aliphatic heterocycles. The number of ketones is 1. The Labute approximate surface area is 191 Å². The van der Waals surface area contributed by atoms with Crippen molar-refractivity contribution in [3.8, 4) is 0 Å². The molecule has 0 N–H and O–H groups in total. The molecule has 7 rings (SSSR count). The summed E-state index contributed by atoms with van der Waals surface area (Å²) >= 11 is 0. The van der Waals surface area contributed by atoms with E-state index in [1.807, 2.05) is 12.4 Å². The minimum Gasteiger partial charge on any atom is -0.300 e. The van der Waals surface area contributed by atoms with Gasteiger partial charge in [-0.15, -0.1) is 0 Å². The number of carbonyl (C=O) groups is 1. The van der Waals surface area contributed by atoms with Gasteiger partial charge in [-0.2, -0.15) is 0 Å². The van der Waals surface area contributed by atoms with E-state index in [0.717, 1.165) is 19.3 Å². The molecule has 1 aromatic heterocycles. The van der Waals surface area contributed by atoms with Crippen molar-refractivity contribution in [1.82, 2.24) is 4.98 Å². The van der Waals surface area contributed by atoms with Gasteiger partial charge in [0.05, 0.1) is 0 Å². The fourth-order valence-electron chi connectivity index (χ4n) is 9.34. The summed E-state index contributed by atoms with van der Waals surface area (Å²) in [7, 11) is 0. The molecule has 32 heavy (non-hydrogen) atoms. The van der Waals surface area contributed by atoms with Crippen LogP contribution in [-0.2, 0) is 4.79 Å². The minimum absolute atomic E-state index is 0.181. The summed E-state index contributed by atoms with van der Waals surface area (Å²) in [6.07, 6.45) is 19.2. The number of hydrogen-bond donors (Lipinski definition) is 0. The molecule has 3 saturated carbocycles. The van der Waals surface area contributed by atoms with Crippen LogP contribution in [-0.4, -0.2) is 10.8 Å². The first-order chi connectivity index (χ1) is 15.4. The predicted molar refractivity (Wildman–Crippen MR) is 128 cm³/mol. The van der Waals surface area contributed by atoms with E-state index in [9.17, 15) is 4.79 Å². The van der Waals surface area contributed by atoms with E-state index in [0.29, 0.717) is 11.7 Å². The number of nitrogens with zero attached hydrogens (tertiary/aromatic N) is 1. The SMILES string of the molecule is C[C@@]12CC[C@H](c3ccc4ccncc4c3)[C@@]1(C)CC=C1C=C3CCC(=O)C[C@]34CC[C@@]12C4. The van der Waals surface area contributed by atoms with Gasteiger partial charge in [-0.05, 0) is 95.8 Å². The Kier molecular flexibility index (Phi) is 3.62. The largest absolute Gasteiger partial charge is 0.300 e. The summed E-state index contributed by atoms with van der Waals surface area (Å²) in [6, 6.07) is 9.20. The number of carbonyl (C=O) groups excluding carboxylic acids is 1. The van der Waals surface area contributed by atoms with Gasteiger partial charge >= 0.3 is 0 Å². The van der Waals surface area contributed by atoms with Crippen molar-refractivity contribution in [2.24, 2.45) is 21.7 Å². The third-order valence-corrected chi connectivity index (χ3v) is 11.3. The van der Waals surface area contributed by atoms with Crippen LogP contribution >= 0.6 is 0 Å². The minimum atomic E-state index is 0.181. The first kappa shape index (κ1) is 19.3. The molecule has 0 unspecified atom stereocenters. The van der Waals surface area contributed by atoms with Gasteiger partial charge in [-0.25, -0.2) is 0 Å². The fourth-order valence-corrected chi connectivity index (χ4v) is 9.34. The van der Waals surface area contributed by atoms with Crippen molar-refractivity contribution in [3.05, 3.63) is 65.5 Å². The van der Waals surface area contributed by atoms with Crippen LogP contribution in [0.4, 0.5) is 0 Å². The molecule has 164 valence electrons. The van der Waals surface area contributed by atoms with E-state index in [1.165, 1.54) is 54.9 Å². The highest BCUT2D eigenvalue weighted by molar-refractivity contribution is 5.83. The van der Waals surface area contributed by atoms with E-state index < -0.39 is 0 Å². The second kappa shape index (κ2) is 6.01. The van der Waals surface area contributed by atoms with Crippen LogP contribution in [0.25, 0.3) is 10.8 Å². The van der Waals surface area contributed by atoms with Crippen molar-refractivity contribution in [1.29, 1.82) is 0 Å². The maximum absolute atomic E-state index is 12.5. The Morgan fingerprint density at radius 1 is 1.03 bits per heavy atom. The Hall–Kier alpha value is -2.22. The smallest absolute Gasteiger partial charge is 0.134 e. The number of aromatic nitrogens is 1. The number of pyridine rings is 1. The number of Topliss-reactive ketones (excluding diaryl/α,β-unsaturated/α-hetero) is 1. The lowest BCUT2D eigenvalue weighted by Gasteiger charge is -2.61. The van der Waals surface area contributed by atoms with Crippen molar-refractivity contribution < 1.29 is 4.79 Å². The van der Waals surface area contributed by atoms with Crippen LogP contribution in [0.15, 0.2) is 60.0 Å².